The van der Waals surface area contributed by atoms with Gasteiger partial charge in [-0.05, 0) is 44.6 Å². The van der Waals surface area contributed by atoms with Crippen molar-refractivity contribution in [3.63, 3.8) is 0 Å². The van der Waals surface area contributed by atoms with Gasteiger partial charge in [0, 0.05) is 25.7 Å². The second kappa shape index (κ2) is 7.57. The Kier molecular flexibility index (Phi) is 5.25. The SMILES string of the molecule is CN(C)C(CNc1cc(N2CCCC2)ncn1)c1ccc(F)cc1. The fourth-order valence-corrected chi connectivity index (χ4v) is 3.05. The molecule has 1 saturated heterocycles. The molecule has 2 heterocycles. The molecule has 1 aliphatic heterocycles. The summed E-state index contributed by atoms with van der Waals surface area (Å²) in [7, 11) is 4.04. The zero-order valence-electron chi connectivity index (χ0n) is 14.2. The average molecular weight is 329 g/mol. The Hall–Kier alpha value is -2.21. The number of nitrogens with zero attached hydrogens (tertiary/aromatic N) is 4. The minimum atomic E-state index is -0.213. The lowest BCUT2D eigenvalue weighted by Gasteiger charge is -2.25. The second-order valence-corrected chi connectivity index (χ2v) is 6.37. The van der Waals surface area contributed by atoms with Crippen LogP contribution in [0.5, 0.6) is 0 Å². The van der Waals surface area contributed by atoms with Gasteiger partial charge in [-0.25, -0.2) is 14.4 Å². The number of halogens is 1. The summed E-state index contributed by atoms with van der Waals surface area (Å²) >= 11 is 0. The zero-order chi connectivity index (χ0) is 16.9. The van der Waals surface area contributed by atoms with Crippen LogP contribution in [0, 0.1) is 5.82 Å². The van der Waals surface area contributed by atoms with Gasteiger partial charge in [0.25, 0.3) is 0 Å². The molecule has 1 aromatic carbocycles. The summed E-state index contributed by atoms with van der Waals surface area (Å²) in [5.41, 5.74) is 1.07. The molecule has 5 nitrogen and oxygen atoms in total. The van der Waals surface area contributed by atoms with E-state index in [4.69, 9.17) is 0 Å². The minimum absolute atomic E-state index is 0.135. The average Bonchev–Trinajstić information content (AvgIpc) is 3.11. The Bertz CT molecular complexity index is 653. The van der Waals surface area contributed by atoms with Crippen LogP contribution in [0.3, 0.4) is 0 Å². The molecule has 24 heavy (non-hydrogen) atoms. The summed E-state index contributed by atoms with van der Waals surface area (Å²) in [6.45, 7) is 2.81. The Balaban J connectivity index is 1.68. The van der Waals surface area contributed by atoms with Crippen molar-refractivity contribution in [2.24, 2.45) is 0 Å². The molecule has 1 aliphatic rings. The highest BCUT2D eigenvalue weighted by Crippen LogP contribution is 2.22. The van der Waals surface area contributed by atoms with Gasteiger partial charge in [0.1, 0.15) is 23.8 Å². The van der Waals surface area contributed by atoms with Crippen LogP contribution in [-0.2, 0) is 0 Å². The van der Waals surface area contributed by atoms with E-state index in [2.05, 4.69) is 25.1 Å². The monoisotopic (exact) mass is 329 g/mol. The van der Waals surface area contributed by atoms with Crippen molar-refractivity contribution in [3.05, 3.63) is 48.0 Å². The summed E-state index contributed by atoms with van der Waals surface area (Å²) in [6, 6.07) is 8.80. The molecule has 3 rings (SSSR count). The molecule has 0 bridgehead atoms. The maximum Gasteiger partial charge on any atom is 0.134 e. The van der Waals surface area contributed by atoms with Crippen molar-refractivity contribution in [2.45, 2.75) is 18.9 Å². The quantitative estimate of drug-likeness (QED) is 0.883. The van der Waals surface area contributed by atoms with E-state index in [1.165, 1.54) is 25.0 Å². The number of hydrogen-bond donors (Lipinski definition) is 1. The molecule has 1 unspecified atom stereocenters. The molecular formula is C18H24FN5. The maximum absolute atomic E-state index is 13.1. The van der Waals surface area contributed by atoms with Crippen LogP contribution >= 0.6 is 0 Å². The van der Waals surface area contributed by atoms with Crippen molar-refractivity contribution in [1.82, 2.24) is 14.9 Å². The molecule has 0 spiro atoms. The fourth-order valence-electron chi connectivity index (χ4n) is 3.05. The Morgan fingerprint density at radius 3 is 2.54 bits per heavy atom. The zero-order valence-corrected chi connectivity index (χ0v) is 14.2. The smallest absolute Gasteiger partial charge is 0.134 e. The minimum Gasteiger partial charge on any atom is -0.368 e. The largest absolute Gasteiger partial charge is 0.368 e. The van der Waals surface area contributed by atoms with Crippen molar-refractivity contribution >= 4 is 11.6 Å². The van der Waals surface area contributed by atoms with Crippen LogP contribution < -0.4 is 10.2 Å². The van der Waals surface area contributed by atoms with E-state index >= 15 is 0 Å². The van der Waals surface area contributed by atoms with E-state index in [-0.39, 0.29) is 11.9 Å². The van der Waals surface area contributed by atoms with Crippen LogP contribution in [0.1, 0.15) is 24.4 Å². The molecule has 1 fully saturated rings. The molecule has 128 valence electrons. The number of anilines is 2. The van der Waals surface area contributed by atoms with Crippen LogP contribution in [0.15, 0.2) is 36.7 Å². The Morgan fingerprint density at radius 1 is 1.17 bits per heavy atom. The number of likely N-dealkylation sites (N-methyl/N-ethyl adjacent to an activating group) is 1. The summed E-state index contributed by atoms with van der Waals surface area (Å²) in [4.78, 5) is 13.1. The van der Waals surface area contributed by atoms with Gasteiger partial charge in [-0.3, -0.25) is 0 Å². The maximum atomic E-state index is 13.1. The highest BCUT2D eigenvalue weighted by molar-refractivity contribution is 5.49. The topological polar surface area (TPSA) is 44.3 Å². The summed E-state index contributed by atoms with van der Waals surface area (Å²) < 4.78 is 13.1. The van der Waals surface area contributed by atoms with E-state index in [1.807, 2.05) is 32.3 Å². The van der Waals surface area contributed by atoms with Crippen molar-refractivity contribution in [3.8, 4) is 0 Å². The fraction of sp³-hybridized carbons (Fsp3) is 0.444. The van der Waals surface area contributed by atoms with E-state index in [0.717, 1.165) is 30.3 Å². The third-order valence-electron chi connectivity index (χ3n) is 4.44. The summed E-state index contributed by atoms with van der Waals surface area (Å²) in [6.07, 6.45) is 4.05. The third kappa shape index (κ3) is 4.00. The highest BCUT2D eigenvalue weighted by atomic mass is 19.1. The molecule has 1 atom stereocenters. The van der Waals surface area contributed by atoms with Gasteiger partial charge in [-0.1, -0.05) is 12.1 Å². The molecule has 0 saturated carbocycles. The van der Waals surface area contributed by atoms with Crippen molar-refractivity contribution < 1.29 is 4.39 Å². The Labute approximate surface area is 142 Å². The highest BCUT2D eigenvalue weighted by Gasteiger charge is 2.16. The van der Waals surface area contributed by atoms with E-state index in [1.54, 1.807) is 6.33 Å². The van der Waals surface area contributed by atoms with Gasteiger partial charge in [-0.2, -0.15) is 0 Å². The first-order chi connectivity index (χ1) is 11.6. The predicted molar refractivity (Wildman–Crippen MR) is 94.8 cm³/mol. The molecule has 6 heteroatoms. The molecule has 0 aliphatic carbocycles. The molecule has 1 N–H and O–H groups in total. The van der Waals surface area contributed by atoms with E-state index in [0.29, 0.717) is 6.54 Å². The number of benzene rings is 1. The van der Waals surface area contributed by atoms with E-state index in [9.17, 15) is 4.39 Å². The van der Waals surface area contributed by atoms with Crippen molar-refractivity contribution in [1.29, 1.82) is 0 Å². The first-order valence-corrected chi connectivity index (χ1v) is 8.36. The van der Waals surface area contributed by atoms with Crippen molar-refractivity contribution in [2.75, 3.05) is 43.9 Å². The summed E-state index contributed by atoms with van der Waals surface area (Å²) in [5, 5.41) is 3.39. The predicted octanol–water partition coefficient (Wildman–Crippen LogP) is 2.93. The van der Waals surface area contributed by atoms with Gasteiger partial charge < -0.3 is 15.1 Å². The molecule has 2 aromatic rings. The summed E-state index contributed by atoms with van der Waals surface area (Å²) in [5.74, 6) is 1.59. The number of rotatable bonds is 6. The molecule has 0 amide bonds. The van der Waals surface area contributed by atoms with Gasteiger partial charge >= 0.3 is 0 Å². The standard InChI is InChI=1S/C18H24FN5/c1-23(2)16(14-5-7-15(19)8-6-14)12-20-17-11-18(22-13-21-17)24-9-3-4-10-24/h5-8,11,13,16H,3-4,9-10,12H2,1-2H3,(H,20,21,22). The van der Waals surface area contributed by atoms with Gasteiger partial charge in [0.05, 0.1) is 6.04 Å². The number of hydrogen-bond acceptors (Lipinski definition) is 5. The molecular weight excluding hydrogens is 305 g/mol. The first-order valence-electron chi connectivity index (χ1n) is 8.36. The normalized spacial score (nSPS) is 15.8. The molecule has 0 radical (unpaired) electrons. The first kappa shape index (κ1) is 16.6. The van der Waals surface area contributed by atoms with Crippen LogP contribution in [0.25, 0.3) is 0 Å². The second-order valence-electron chi connectivity index (χ2n) is 6.37. The van der Waals surface area contributed by atoms with Crippen LogP contribution in [0.2, 0.25) is 0 Å². The van der Waals surface area contributed by atoms with Gasteiger partial charge in [0.2, 0.25) is 0 Å². The lowest BCUT2D eigenvalue weighted by atomic mass is 10.1. The van der Waals surface area contributed by atoms with Gasteiger partial charge in [0.15, 0.2) is 0 Å². The number of aromatic nitrogens is 2. The molecule has 1 aromatic heterocycles. The third-order valence-corrected chi connectivity index (χ3v) is 4.44. The lowest BCUT2D eigenvalue weighted by Crippen LogP contribution is -2.27. The Morgan fingerprint density at radius 2 is 1.88 bits per heavy atom. The van der Waals surface area contributed by atoms with Gasteiger partial charge in [-0.15, -0.1) is 0 Å². The van der Waals surface area contributed by atoms with E-state index < -0.39 is 0 Å². The van der Waals surface area contributed by atoms with Crippen LogP contribution in [0.4, 0.5) is 16.0 Å². The lowest BCUT2D eigenvalue weighted by molar-refractivity contribution is 0.311. The van der Waals surface area contributed by atoms with Crippen LogP contribution in [-0.4, -0.2) is 48.6 Å². The number of nitrogens with one attached hydrogen (secondary N) is 1.